The zero-order valence-corrected chi connectivity index (χ0v) is 9.88. The molecular weight excluding hydrogens is 238 g/mol. The van der Waals surface area contributed by atoms with Gasteiger partial charge in [-0.3, -0.25) is 10.1 Å². The fourth-order valence-electron chi connectivity index (χ4n) is 2.07. The van der Waals surface area contributed by atoms with Gasteiger partial charge in [0.1, 0.15) is 0 Å². The first kappa shape index (κ1) is 12.3. The summed E-state index contributed by atoms with van der Waals surface area (Å²) < 4.78 is 5.15. The molecule has 0 aliphatic heterocycles. The maximum absolute atomic E-state index is 11.0. The third kappa shape index (κ3) is 2.27. The molecule has 0 spiro atoms. The van der Waals surface area contributed by atoms with E-state index in [4.69, 9.17) is 9.84 Å². The Balaban J connectivity index is 2.38. The Labute approximate surface area is 103 Å². The predicted octanol–water partition coefficient (Wildman–Crippen LogP) is 1.94. The Morgan fingerprint density at radius 2 is 2.06 bits per heavy atom. The van der Waals surface area contributed by atoms with Crippen molar-refractivity contribution in [3.05, 3.63) is 33.4 Å². The first-order chi connectivity index (χ1) is 8.49. The summed E-state index contributed by atoms with van der Waals surface area (Å²) in [6.07, 6.45) is 1.53. The Morgan fingerprint density at radius 3 is 2.61 bits per heavy atom. The lowest BCUT2D eigenvalue weighted by Gasteiger charge is -2.12. The van der Waals surface area contributed by atoms with Gasteiger partial charge >= 0.3 is 11.7 Å². The van der Waals surface area contributed by atoms with Crippen LogP contribution in [0.3, 0.4) is 0 Å². The number of rotatable bonds is 4. The highest BCUT2D eigenvalue weighted by Gasteiger charge is 2.24. The van der Waals surface area contributed by atoms with E-state index in [1.54, 1.807) is 6.07 Å². The maximum Gasteiger partial charge on any atom is 0.344 e. The summed E-state index contributed by atoms with van der Waals surface area (Å²) in [7, 11) is 0. The molecule has 0 bridgehead atoms. The molecule has 0 aromatic heterocycles. The van der Waals surface area contributed by atoms with Crippen molar-refractivity contribution in [1.29, 1.82) is 0 Å². The molecule has 0 amide bonds. The quantitative estimate of drug-likeness (QED) is 0.652. The molecule has 0 saturated carbocycles. The number of fused-ring (bicyclic) bond motifs is 1. The van der Waals surface area contributed by atoms with Crippen molar-refractivity contribution in [2.75, 3.05) is 0 Å². The van der Waals surface area contributed by atoms with Crippen molar-refractivity contribution < 1.29 is 19.6 Å². The van der Waals surface area contributed by atoms with Gasteiger partial charge in [0.15, 0.2) is 11.9 Å². The smallest absolute Gasteiger partial charge is 0.344 e. The highest BCUT2D eigenvalue weighted by Crippen LogP contribution is 2.35. The average Bonchev–Trinajstić information content (AvgIpc) is 2.74. The fraction of sp³-hybridized carbons (Fsp3) is 0.417. The second-order valence-corrected chi connectivity index (χ2v) is 4.30. The lowest BCUT2D eigenvalue weighted by molar-refractivity contribution is -0.386. The van der Waals surface area contributed by atoms with E-state index < -0.39 is 17.0 Å². The van der Waals surface area contributed by atoms with Crippen LogP contribution in [0.1, 0.15) is 24.5 Å². The number of ether oxygens (including phenoxy) is 1. The second-order valence-electron chi connectivity index (χ2n) is 4.30. The van der Waals surface area contributed by atoms with Gasteiger partial charge in [0.2, 0.25) is 0 Å². The van der Waals surface area contributed by atoms with Crippen LogP contribution in [0.25, 0.3) is 0 Å². The zero-order valence-electron chi connectivity index (χ0n) is 9.88. The molecule has 1 aromatic rings. The number of aryl methyl sites for hydroxylation is 2. The maximum atomic E-state index is 11.0. The van der Waals surface area contributed by atoms with Gasteiger partial charge in [-0.1, -0.05) is 0 Å². The molecule has 1 aromatic carbocycles. The monoisotopic (exact) mass is 251 g/mol. The van der Waals surface area contributed by atoms with E-state index in [0.717, 1.165) is 30.4 Å². The molecule has 6 heteroatoms. The SMILES string of the molecule is CC(Oc1cc2c(cc1[N+](=O)[O-])CCC2)C(=O)O. The Bertz CT molecular complexity index is 511. The normalized spacial score (nSPS) is 14.9. The van der Waals surface area contributed by atoms with Crippen molar-refractivity contribution >= 4 is 11.7 Å². The lowest BCUT2D eigenvalue weighted by Crippen LogP contribution is -2.23. The number of carboxylic acid groups (broad SMARTS) is 1. The lowest BCUT2D eigenvalue weighted by atomic mass is 10.1. The molecule has 0 heterocycles. The minimum Gasteiger partial charge on any atom is -0.479 e. The number of nitrogens with zero attached hydrogens (tertiary/aromatic N) is 1. The average molecular weight is 251 g/mol. The van der Waals surface area contributed by atoms with Gasteiger partial charge in [-0.05, 0) is 43.4 Å². The number of nitro benzene ring substituents is 1. The Morgan fingerprint density at radius 1 is 1.44 bits per heavy atom. The van der Waals surface area contributed by atoms with Crippen molar-refractivity contribution in [2.24, 2.45) is 0 Å². The summed E-state index contributed by atoms with van der Waals surface area (Å²) in [6.45, 7) is 1.35. The molecule has 2 rings (SSSR count). The van der Waals surface area contributed by atoms with E-state index in [1.165, 1.54) is 13.0 Å². The predicted molar refractivity (Wildman–Crippen MR) is 62.8 cm³/mol. The van der Waals surface area contributed by atoms with Gasteiger partial charge in [0.05, 0.1) is 4.92 Å². The van der Waals surface area contributed by atoms with Gasteiger partial charge in [0, 0.05) is 6.07 Å². The summed E-state index contributed by atoms with van der Waals surface area (Å²) in [6, 6.07) is 3.09. The highest BCUT2D eigenvalue weighted by atomic mass is 16.6. The number of carboxylic acids is 1. The number of benzene rings is 1. The molecule has 1 unspecified atom stereocenters. The first-order valence-electron chi connectivity index (χ1n) is 5.68. The number of hydrogen-bond donors (Lipinski definition) is 1. The van der Waals surface area contributed by atoms with Crippen LogP contribution in [0, 0.1) is 10.1 Å². The number of aliphatic carboxylic acids is 1. The van der Waals surface area contributed by atoms with Gasteiger partial charge in [-0.2, -0.15) is 0 Å². The van der Waals surface area contributed by atoms with E-state index in [0.29, 0.717) is 0 Å². The standard InChI is InChI=1S/C12H13NO5/c1-7(12(14)15)18-11-6-9-4-2-3-8(9)5-10(11)13(16)17/h5-7H,2-4H2,1H3,(H,14,15). The molecule has 1 atom stereocenters. The summed E-state index contributed by atoms with van der Waals surface area (Å²) in [5, 5.41) is 19.7. The van der Waals surface area contributed by atoms with Crippen molar-refractivity contribution in [1.82, 2.24) is 0 Å². The third-order valence-electron chi connectivity index (χ3n) is 3.02. The first-order valence-corrected chi connectivity index (χ1v) is 5.68. The van der Waals surface area contributed by atoms with Crippen molar-refractivity contribution in [2.45, 2.75) is 32.3 Å². The summed E-state index contributed by atoms with van der Waals surface area (Å²) in [5.41, 5.74) is 1.80. The van der Waals surface area contributed by atoms with Crippen LogP contribution < -0.4 is 4.74 Å². The van der Waals surface area contributed by atoms with Crippen LogP contribution >= 0.6 is 0 Å². The van der Waals surface area contributed by atoms with Crippen LogP contribution in [-0.4, -0.2) is 22.1 Å². The fourth-order valence-corrected chi connectivity index (χ4v) is 2.07. The molecule has 0 radical (unpaired) electrons. The van der Waals surface area contributed by atoms with E-state index in [-0.39, 0.29) is 11.4 Å². The highest BCUT2D eigenvalue weighted by molar-refractivity contribution is 5.72. The van der Waals surface area contributed by atoms with Crippen LogP contribution in [0.15, 0.2) is 12.1 Å². The van der Waals surface area contributed by atoms with Gasteiger partial charge in [0.25, 0.3) is 0 Å². The van der Waals surface area contributed by atoms with E-state index in [2.05, 4.69) is 0 Å². The van der Waals surface area contributed by atoms with Crippen LogP contribution in [0.4, 0.5) is 5.69 Å². The molecule has 0 saturated heterocycles. The molecule has 1 aliphatic carbocycles. The van der Waals surface area contributed by atoms with Crippen molar-refractivity contribution in [3.63, 3.8) is 0 Å². The van der Waals surface area contributed by atoms with Crippen LogP contribution in [0.5, 0.6) is 5.75 Å². The minimum atomic E-state index is -1.15. The molecule has 96 valence electrons. The Hall–Kier alpha value is -2.11. The van der Waals surface area contributed by atoms with Crippen LogP contribution in [-0.2, 0) is 17.6 Å². The molecule has 6 nitrogen and oxygen atoms in total. The molecule has 1 N–H and O–H groups in total. The molecule has 1 aliphatic rings. The van der Waals surface area contributed by atoms with Crippen LogP contribution in [0.2, 0.25) is 0 Å². The largest absolute Gasteiger partial charge is 0.479 e. The number of hydrogen-bond acceptors (Lipinski definition) is 4. The van der Waals surface area contributed by atoms with Gasteiger partial charge in [-0.25, -0.2) is 4.79 Å². The third-order valence-corrected chi connectivity index (χ3v) is 3.02. The summed E-state index contributed by atoms with van der Waals surface area (Å²) in [4.78, 5) is 21.1. The summed E-state index contributed by atoms with van der Waals surface area (Å²) in [5.74, 6) is -1.11. The van der Waals surface area contributed by atoms with Gasteiger partial charge < -0.3 is 9.84 Å². The molecule has 18 heavy (non-hydrogen) atoms. The number of nitro groups is 1. The van der Waals surface area contributed by atoms with Gasteiger partial charge in [-0.15, -0.1) is 0 Å². The molecule has 0 fully saturated rings. The number of carbonyl (C=O) groups is 1. The molecular formula is C12H13NO5. The van der Waals surface area contributed by atoms with E-state index in [9.17, 15) is 14.9 Å². The summed E-state index contributed by atoms with van der Waals surface area (Å²) >= 11 is 0. The topological polar surface area (TPSA) is 89.7 Å². The second kappa shape index (κ2) is 4.64. The minimum absolute atomic E-state index is 0.0375. The van der Waals surface area contributed by atoms with E-state index in [1.807, 2.05) is 0 Å². The van der Waals surface area contributed by atoms with Crippen molar-refractivity contribution in [3.8, 4) is 5.75 Å². The zero-order chi connectivity index (χ0) is 13.3. The Kier molecular flexibility index (Phi) is 3.18. The van der Waals surface area contributed by atoms with E-state index >= 15 is 0 Å².